The third kappa shape index (κ3) is 3.60. The smallest absolute Gasteiger partial charge is 0.265 e. The average Bonchev–Trinajstić information content (AvgIpc) is 2.77. The summed E-state index contributed by atoms with van der Waals surface area (Å²) in [7, 11) is -3.70. The van der Waals surface area contributed by atoms with Crippen molar-refractivity contribution in [3.8, 4) is 11.1 Å². The summed E-state index contributed by atoms with van der Waals surface area (Å²) >= 11 is 0. The molecule has 1 aliphatic rings. The van der Waals surface area contributed by atoms with Crippen molar-refractivity contribution in [2.24, 2.45) is 0 Å². The number of anilines is 2. The van der Waals surface area contributed by atoms with Crippen LogP contribution in [0.4, 0.5) is 11.4 Å². The number of para-hydroxylation sites is 1. The van der Waals surface area contributed by atoms with Gasteiger partial charge in [0.05, 0.1) is 17.1 Å². The molecule has 0 bridgehead atoms. The number of aryl methyl sites for hydroxylation is 1. The number of hydrogen-bond acceptors (Lipinski definition) is 3. The Morgan fingerprint density at radius 1 is 1.06 bits per heavy atom. The van der Waals surface area contributed by atoms with Crippen molar-refractivity contribution in [3.05, 3.63) is 90.0 Å². The third-order valence-electron chi connectivity index (χ3n) is 5.73. The molecule has 0 saturated heterocycles. The zero-order valence-corrected chi connectivity index (χ0v) is 19.2. The van der Waals surface area contributed by atoms with Crippen LogP contribution in [0.15, 0.2) is 78.2 Å². The van der Waals surface area contributed by atoms with E-state index in [9.17, 15) is 13.2 Å². The standard InChI is InChI=1S/C26H26N2O3S/c1-5-15-28-23-14-13-19(16-22(23)21-10-6-7-12-24(21)32(28,30)31)26(29)27-25-18(4)9-8-11-20(25)17(2)3/h5-14,16-17H,1,15H2,2-4H3,(H,27,29). The van der Waals surface area contributed by atoms with E-state index < -0.39 is 10.0 Å². The molecular weight excluding hydrogens is 420 g/mol. The number of fused-ring (bicyclic) bond motifs is 3. The first-order valence-corrected chi connectivity index (χ1v) is 12.0. The Morgan fingerprint density at radius 3 is 2.53 bits per heavy atom. The van der Waals surface area contributed by atoms with E-state index in [0.717, 1.165) is 16.8 Å². The monoisotopic (exact) mass is 446 g/mol. The summed E-state index contributed by atoms with van der Waals surface area (Å²) in [6.45, 7) is 10.0. The number of carbonyl (C=O) groups excluding carboxylic acids is 1. The van der Waals surface area contributed by atoms with Gasteiger partial charge in [-0.2, -0.15) is 0 Å². The maximum atomic E-state index is 13.2. The topological polar surface area (TPSA) is 66.5 Å². The van der Waals surface area contributed by atoms with Gasteiger partial charge in [-0.15, -0.1) is 6.58 Å². The van der Waals surface area contributed by atoms with Crippen LogP contribution in [0.5, 0.6) is 0 Å². The number of nitrogens with one attached hydrogen (secondary N) is 1. The number of rotatable bonds is 5. The Bertz CT molecular complexity index is 1330. The molecule has 0 saturated carbocycles. The number of nitrogens with zero attached hydrogens (tertiary/aromatic N) is 1. The summed E-state index contributed by atoms with van der Waals surface area (Å²) in [6, 6.07) is 18.0. The van der Waals surface area contributed by atoms with Gasteiger partial charge < -0.3 is 5.32 Å². The molecular formula is C26H26N2O3S. The summed E-state index contributed by atoms with van der Waals surface area (Å²) in [4.78, 5) is 13.4. The summed E-state index contributed by atoms with van der Waals surface area (Å²) in [5, 5.41) is 3.07. The largest absolute Gasteiger partial charge is 0.321 e. The fourth-order valence-corrected chi connectivity index (χ4v) is 5.78. The lowest BCUT2D eigenvalue weighted by molar-refractivity contribution is 0.102. The van der Waals surface area contributed by atoms with E-state index in [1.807, 2.05) is 25.1 Å². The molecule has 3 aromatic rings. The molecule has 164 valence electrons. The molecule has 0 aromatic heterocycles. The number of carbonyl (C=O) groups is 1. The summed E-state index contributed by atoms with van der Waals surface area (Å²) in [5.74, 6) is 0.0310. The van der Waals surface area contributed by atoms with Crippen LogP contribution in [0.25, 0.3) is 11.1 Å². The maximum absolute atomic E-state index is 13.2. The zero-order valence-electron chi connectivity index (χ0n) is 18.4. The Kier molecular flexibility index (Phi) is 5.65. The van der Waals surface area contributed by atoms with Crippen LogP contribution in [-0.4, -0.2) is 20.9 Å². The van der Waals surface area contributed by atoms with Gasteiger partial charge in [-0.05, 0) is 48.2 Å². The molecule has 3 aromatic carbocycles. The van der Waals surface area contributed by atoms with Crippen LogP contribution < -0.4 is 9.62 Å². The molecule has 0 fully saturated rings. The summed E-state index contributed by atoms with van der Waals surface area (Å²) in [5.41, 5.74) is 5.20. The van der Waals surface area contributed by atoms with Crippen molar-refractivity contribution in [1.29, 1.82) is 0 Å². The predicted octanol–water partition coefficient (Wildman–Crippen LogP) is 5.73. The van der Waals surface area contributed by atoms with Gasteiger partial charge in [0.25, 0.3) is 15.9 Å². The lowest BCUT2D eigenvalue weighted by atomic mass is 9.97. The lowest BCUT2D eigenvalue weighted by Gasteiger charge is -2.31. The Morgan fingerprint density at radius 2 is 1.81 bits per heavy atom. The van der Waals surface area contributed by atoms with Crippen LogP contribution in [0.1, 0.15) is 41.3 Å². The fraction of sp³-hybridized carbons (Fsp3) is 0.192. The molecule has 1 aliphatic heterocycles. The molecule has 1 N–H and O–H groups in total. The van der Waals surface area contributed by atoms with E-state index in [4.69, 9.17) is 0 Å². The number of amides is 1. The van der Waals surface area contributed by atoms with Gasteiger partial charge in [-0.3, -0.25) is 9.10 Å². The highest BCUT2D eigenvalue weighted by molar-refractivity contribution is 7.93. The molecule has 1 heterocycles. The Hall–Kier alpha value is -3.38. The van der Waals surface area contributed by atoms with Crippen molar-refractivity contribution in [2.45, 2.75) is 31.6 Å². The molecule has 32 heavy (non-hydrogen) atoms. The molecule has 6 heteroatoms. The highest BCUT2D eigenvalue weighted by Gasteiger charge is 2.34. The minimum absolute atomic E-state index is 0.149. The molecule has 0 atom stereocenters. The average molecular weight is 447 g/mol. The van der Waals surface area contributed by atoms with Crippen molar-refractivity contribution in [2.75, 3.05) is 16.2 Å². The van der Waals surface area contributed by atoms with E-state index in [2.05, 4.69) is 25.7 Å². The van der Waals surface area contributed by atoms with Gasteiger partial charge in [0.2, 0.25) is 0 Å². The van der Waals surface area contributed by atoms with Crippen LogP contribution in [-0.2, 0) is 10.0 Å². The second-order valence-electron chi connectivity index (χ2n) is 8.20. The highest BCUT2D eigenvalue weighted by Crippen LogP contribution is 2.43. The van der Waals surface area contributed by atoms with E-state index in [1.165, 1.54) is 4.31 Å². The maximum Gasteiger partial charge on any atom is 0.265 e. The normalized spacial score (nSPS) is 13.9. The number of hydrogen-bond donors (Lipinski definition) is 1. The van der Waals surface area contributed by atoms with Crippen LogP contribution in [0, 0.1) is 6.92 Å². The minimum atomic E-state index is -3.70. The van der Waals surface area contributed by atoms with Gasteiger partial charge in [0.1, 0.15) is 0 Å². The molecule has 1 amide bonds. The first kappa shape index (κ1) is 21.8. The fourth-order valence-electron chi connectivity index (χ4n) is 4.11. The first-order valence-electron chi connectivity index (χ1n) is 10.5. The van der Waals surface area contributed by atoms with E-state index in [1.54, 1.807) is 48.5 Å². The van der Waals surface area contributed by atoms with Gasteiger partial charge in [0.15, 0.2) is 0 Å². The van der Waals surface area contributed by atoms with Gasteiger partial charge in [-0.25, -0.2) is 8.42 Å². The second-order valence-corrected chi connectivity index (χ2v) is 10.0. The van der Waals surface area contributed by atoms with Crippen LogP contribution >= 0.6 is 0 Å². The van der Waals surface area contributed by atoms with Gasteiger partial charge in [-0.1, -0.05) is 56.3 Å². The lowest BCUT2D eigenvalue weighted by Crippen LogP contribution is -2.34. The van der Waals surface area contributed by atoms with Crippen LogP contribution in [0.3, 0.4) is 0 Å². The molecule has 0 aliphatic carbocycles. The molecule has 0 spiro atoms. The molecule has 0 radical (unpaired) electrons. The SMILES string of the molecule is C=CCN1c2ccc(C(=O)Nc3c(C)cccc3C(C)C)cc2-c2ccccc2S1(=O)=O. The number of sulfonamides is 1. The third-order valence-corrected chi connectivity index (χ3v) is 7.57. The quantitative estimate of drug-likeness (QED) is 0.509. The molecule has 5 nitrogen and oxygen atoms in total. The van der Waals surface area contributed by atoms with E-state index in [-0.39, 0.29) is 23.3 Å². The minimum Gasteiger partial charge on any atom is -0.321 e. The summed E-state index contributed by atoms with van der Waals surface area (Å²) in [6.07, 6.45) is 1.56. The second kappa shape index (κ2) is 8.28. The van der Waals surface area contributed by atoms with E-state index >= 15 is 0 Å². The van der Waals surface area contributed by atoms with Crippen molar-refractivity contribution in [1.82, 2.24) is 0 Å². The summed E-state index contributed by atoms with van der Waals surface area (Å²) < 4.78 is 27.6. The zero-order chi connectivity index (χ0) is 23.0. The Labute approximate surface area is 189 Å². The van der Waals surface area contributed by atoms with Crippen molar-refractivity contribution < 1.29 is 13.2 Å². The van der Waals surface area contributed by atoms with Gasteiger partial charge >= 0.3 is 0 Å². The van der Waals surface area contributed by atoms with E-state index in [0.29, 0.717) is 22.4 Å². The van der Waals surface area contributed by atoms with Crippen LogP contribution in [0.2, 0.25) is 0 Å². The van der Waals surface area contributed by atoms with Crippen molar-refractivity contribution >= 4 is 27.3 Å². The van der Waals surface area contributed by atoms with Crippen molar-refractivity contribution in [3.63, 3.8) is 0 Å². The highest BCUT2D eigenvalue weighted by atomic mass is 32.2. The molecule has 0 unspecified atom stereocenters. The predicted molar refractivity (Wildman–Crippen MR) is 130 cm³/mol. The Balaban J connectivity index is 1.80. The molecule has 4 rings (SSSR count). The first-order chi connectivity index (χ1) is 15.3. The number of benzene rings is 3. The van der Waals surface area contributed by atoms with Gasteiger partial charge in [0, 0.05) is 22.4 Å².